The normalized spacial score (nSPS) is 17.5. The van der Waals surface area contributed by atoms with Crippen LogP contribution in [0.2, 0.25) is 0 Å². The van der Waals surface area contributed by atoms with Crippen LogP contribution in [-0.4, -0.2) is 21.4 Å². The minimum Gasteiger partial charge on any atom is -0.475 e. The maximum absolute atomic E-state index is 6.27. The van der Waals surface area contributed by atoms with Crippen LogP contribution in [0.25, 0.3) is 0 Å². The molecule has 1 saturated carbocycles. The highest BCUT2D eigenvalue weighted by Gasteiger charge is 2.29. The van der Waals surface area contributed by atoms with E-state index in [0.717, 1.165) is 12.1 Å². The molecule has 1 aromatic rings. The monoisotopic (exact) mass is 240 g/mol. The molecule has 0 saturated heterocycles. The fourth-order valence-electron chi connectivity index (χ4n) is 1.62. The van der Waals surface area contributed by atoms with Gasteiger partial charge in [-0.25, -0.2) is 9.97 Å². The van der Waals surface area contributed by atoms with Crippen molar-refractivity contribution >= 4 is 11.6 Å². The molecule has 1 heterocycles. The maximum Gasteiger partial charge on any atom is 0.216 e. The van der Waals surface area contributed by atoms with Gasteiger partial charge in [0, 0.05) is 23.6 Å². The van der Waals surface area contributed by atoms with Crippen molar-refractivity contribution in [3.63, 3.8) is 0 Å². The Kier molecular flexibility index (Phi) is 3.64. The summed E-state index contributed by atoms with van der Waals surface area (Å²) in [5.74, 6) is 1.32. The molecule has 3 nitrogen and oxygen atoms in total. The Morgan fingerprint density at radius 1 is 1.44 bits per heavy atom. The highest BCUT2D eigenvalue weighted by molar-refractivity contribution is 6.21. The van der Waals surface area contributed by atoms with Gasteiger partial charge >= 0.3 is 0 Å². The molecular formula is C12H17ClN2O. The second-order valence-corrected chi connectivity index (χ2v) is 5.13. The third-order valence-corrected chi connectivity index (χ3v) is 3.10. The van der Waals surface area contributed by atoms with Crippen molar-refractivity contribution in [3.8, 4) is 5.88 Å². The first-order chi connectivity index (χ1) is 7.65. The van der Waals surface area contributed by atoms with Crippen molar-refractivity contribution < 1.29 is 4.74 Å². The van der Waals surface area contributed by atoms with Crippen LogP contribution >= 0.6 is 11.6 Å². The molecular weight excluding hydrogens is 224 g/mol. The van der Waals surface area contributed by atoms with Crippen LogP contribution in [0, 0.1) is 5.92 Å². The van der Waals surface area contributed by atoms with Gasteiger partial charge in [-0.3, -0.25) is 0 Å². The smallest absolute Gasteiger partial charge is 0.216 e. The zero-order valence-corrected chi connectivity index (χ0v) is 10.4. The van der Waals surface area contributed by atoms with E-state index in [1.165, 1.54) is 12.8 Å². The number of ether oxygens (including phenoxy) is 1. The standard InChI is InChI=1S/C12H17ClN2O/c1-8(2)16-12-6-10(14-7-15-12)5-11(13)9-3-4-9/h6-9,11H,3-5H2,1-2H3. The molecule has 0 spiro atoms. The number of rotatable bonds is 5. The van der Waals surface area contributed by atoms with Crippen molar-refractivity contribution in [1.29, 1.82) is 0 Å². The summed E-state index contributed by atoms with van der Waals surface area (Å²) in [5, 5.41) is 0.210. The minimum atomic E-state index is 0.137. The summed E-state index contributed by atoms with van der Waals surface area (Å²) in [7, 11) is 0. The van der Waals surface area contributed by atoms with Crippen LogP contribution in [0.4, 0.5) is 0 Å². The van der Waals surface area contributed by atoms with Gasteiger partial charge in [0.25, 0.3) is 0 Å². The Labute approximate surface area is 101 Å². The average Bonchev–Trinajstić information content (AvgIpc) is 2.99. The first-order valence-corrected chi connectivity index (χ1v) is 6.20. The number of hydrogen-bond acceptors (Lipinski definition) is 3. The molecule has 0 amide bonds. The lowest BCUT2D eigenvalue weighted by Gasteiger charge is -2.10. The zero-order valence-electron chi connectivity index (χ0n) is 9.69. The van der Waals surface area contributed by atoms with Crippen molar-refractivity contribution in [1.82, 2.24) is 9.97 Å². The van der Waals surface area contributed by atoms with Crippen molar-refractivity contribution in [2.45, 2.75) is 44.6 Å². The van der Waals surface area contributed by atoms with Crippen LogP contribution in [0.3, 0.4) is 0 Å². The number of halogens is 1. The number of aromatic nitrogens is 2. The van der Waals surface area contributed by atoms with Crippen molar-refractivity contribution in [2.75, 3.05) is 0 Å². The third-order valence-electron chi connectivity index (χ3n) is 2.59. The van der Waals surface area contributed by atoms with Gasteiger partial charge in [0.15, 0.2) is 0 Å². The van der Waals surface area contributed by atoms with E-state index >= 15 is 0 Å². The highest BCUT2D eigenvalue weighted by atomic mass is 35.5. The second-order valence-electron chi connectivity index (χ2n) is 4.57. The maximum atomic E-state index is 6.27. The predicted molar refractivity (Wildman–Crippen MR) is 63.9 cm³/mol. The Morgan fingerprint density at radius 2 is 2.19 bits per heavy atom. The molecule has 1 aliphatic carbocycles. The predicted octanol–water partition coefficient (Wildman–Crippen LogP) is 2.82. The first-order valence-electron chi connectivity index (χ1n) is 5.77. The number of alkyl halides is 1. The molecule has 0 radical (unpaired) electrons. The molecule has 1 aromatic heterocycles. The van der Waals surface area contributed by atoms with E-state index in [0.29, 0.717) is 11.8 Å². The van der Waals surface area contributed by atoms with Crippen LogP contribution in [0.1, 0.15) is 32.4 Å². The molecule has 1 fully saturated rings. The summed E-state index contributed by atoms with van der Waals surface area (Å²) in [5.41, 5.74) is 0.970. The molecule has 88 valence electrons. The van der Waals surface area contributed by atoms with Gasteiger partial charge in [0.05, 0.1) is 6.10 Å². The van der Waals surface area contributed by atoms with Crippen molar-refractivity contribution in [3.05, 3.63) is 18.1 Å². The minimum absolute atomic E-state index is 0.137. The van der Waals surface area contributed by atoms with Crippen molar-refractivity contribution in [2.24, 2.45) is 5.92 Å². The average molecular weight is 241 g/mol. The van der Waals surface area contributed by atoms with Gasteiger partial charge in [-0.15, -0.1) is 11.6 Å². The topological polar surface area (TPSA) is 35.0 Å². The lowest BCUT2D eigenvalue weighted by molar-refractivity contribution is 0.232. The highest BCUT2D eigenvalue weighted by Crippen LogP contribution is 2.37. The van der Waals surface area contributed by atoms with Gasteiger partial charge in [-0.05, 0) is 32.6 Å². The quantitative estimate of drug-likeness (QED) is 0.743. The Bertz CT molecular complexity index is 353. The summed E-state index contributed by atoms with van der Waals surface area (Å²) in [6.45, 7) is 3.96. The Morgan fingerprint density at radius 3 is 2.81 bits per heavy atom. The summed E-state index contributed by atoms with van der Waals surface area (Å²) in [6.07, 6.45) is 5.01. The third kappa shape index (κ3) is 3.34. The molecule has 0 aliphatic heterocycles. The molecule has 0 N–H and O–H groups in total. The molecule has 0 bridgehead atoms. The van der Waals surface area contributed by atoms with E-state index in [2.05, 4.69) is 9.97 Å². The van der Waals surface area contributed by atoms with Gasteiger partial charge in [-0.2, -0.15) is 0 Å². The van der Waals surface area contributed by atoms with Gasteiger partial charge in [-0.1, -0.05) is 0 Å². The SMILES string of the molecule is CC(C)Oc1cc(CC(Cl)C2CC2)ncn1. The summed E-state index contributed by atoms with van der Waals surface area (Å²) in [6, 6.07) is 1.89. The molecule has 1 aliphatic rings. The molecule has 1 atom stereocenters. The van der Waals surface area contributed by atoms with Crippen LogP contribution in [0.5, 0.6) is 5.88 Å². The number of nitrogens with zero attached hydrogens (tertiary/aromatic N) is 2. The van der Waals surface area contributed by atoms with E-state index in [4.69, 9.17) is 16.3 Å². The molecule has 0 aromatic carbocycles. The summed E-state index contributed by atoms with van der Waals surface area (Å²) in [4.78, 5) is 8.29. The summed E-state index contributed by atoms with van der Waals surface area (Å²) >= 11 is 6.27. The summed E-state index contributed by atoms with van der Waals surface area (Å²) < 4.78 is 5.52. The molecule has 2 rings (SSSR count). The first kappa shape index (κ1) is 11.6. The lowest BCUT2D eigenvalue weighted by Crippen LogP contribution is -2.10. The van der Waals surface area contributed by atoms with E-state index in [1.54, 1.807) is 6.33 Å². The fraction of sp³-hybridized carbons (Fsp3) is 0.667. The van der Waals surface area contributed by atoms with Gasteiger partial charge < -0.3 is 4.74 Å². The zero-order chi connectivity index (χ0) is 11.5. The van der Waals surface area contributed by atoms with Crippen LogP contribution in [0.15, 0.2) is 12.4 Å². The van der Waals surface area contributed by atoms with Gasteiger partial charge in [0.1, 0.15) is 6.33 Å². The Hall–Kier alpha value is -0.830. The number of hydrogen-bond donors (Lipinski definition) is 0. The van der Waals surface area contributed by atoms with E-state index in [1.807, 2.05) is 19.9 Å². The second kappa shape index (κ2) is 5.00. The van der Waals surface area contributed by atoms with E-state index in [9.17, 15) is 0 Å². The van der Waals surface area contributed by atoms with Crippen LogP contribution in [-0.2, 0) is 6.42 Å². The lowest BCUT2D eigenvalue weighted by atomic mass is 10.1. The van der Waals surface area contributed by atoms with E-state index in [-0.39, 0.29) is 11.5 Å². The Balaban J connectivity index is 1.97. The van der Waals surface area contributed by atoms with Crippen LogP contribution < -0.4 is 4.74 Å². The fourth-order valence-corrected chi connectivity index (χ4v) is 2.03. The molecule has 4 heteroatoms. The van der Waals surface area contributed by atoms with E-state index < -0.39 is 0 Å². The largest absolute Gasteiger partial charge is 0.475 e. The molecule has 1 unspecified atom stereocenters. The molecule has 16 heavy (non-hydrogen) atoms. The van der Waals surface area contributed by atoms with Gasteiger partial charge in [0.2, 0.25) is 5.88 Å².